The Morgan fingerprint density at radius 1 is 1.10 bits per heavy atom. The topological polar surface area (TPSA) is 29.5 Å². The van der Waals surface area contributed by atoms with E-state index in [9.17, 15) is 4.79 Å². The van der Waals surface area contributed by atoms with Crippen molar-refractivity contribution in [1.82, 2.24) is 0 Å². The Balaban J connectivity index is 2.01. The summed E-state index contributed by atoms with van der Waals surface area (Å²) < 4.78 is 5.13. The van der Waals surface area contributed by atoms with Crippen LogP contribution in [0.2, 0.25) is 0 Å². The molecule has 0 radical (unpaired) electrons. The number of carbonyl (C=O) groups excluding carboxylic acids is 1. The highest BCUT2D eigenvalue weighted by atomic mass is 32.2. The lowest BCUT2D eigenvalue weighted by atomic mass is 10.3. The molecule has 0 heterocycles. The van der Waals surface area contributed by atoms with Gasteiger partial charge in [0.1, 0.15) is 5.75 Å². The molecule has 0 spiro atoms. The molecule has 0 aliphatic heterocycles. The van der Waals surface area contributed by atoms with Gasteiger partial charge in [0.05, 0.1) is 12.4 Å². The van der Waals surface area contributed by atoms with Crippen LogP contribution in [0.3, 0.4) is 0 Å². The van der Waals surface area contributed by atoms with E-state index in [-0.39, 0.29) is 11.2 Å². The van der Waals surface area contributed by atoms with Crippen LogP contribution in [0.25, 0.3) is 0 Å². The van der Waals surface area contributed by atoms with Crippen molar-refractivity contribution in [1.29, 1.82) is 0 Å². The average molecular weight is 301 g/mol. The Hall–Kier alpha value is -1.94. The molecule has 2 aromatic carbocycles. The summed E-state index contributed by atoms with van der Waals surface area (Å²) in [6.45, 7) is 1.93. The Bertz CT molecular complexity index is 583. The quantitative estimate of drug-likeness (QED) is 0.786. The van der Waals surface area contributed by atoms with Gasteiger partial charge in [0, 0.05) is 17.6 Å². The summed E-state index contributed by atoms with van der Waals surface area (Å²) in [5.74, 6) is 0.904. The second kappa shape index (κ2) is 7.18. The molecule has 0 aliphatic rings. The number of methoxy groups -OCH3 is 1. The lowest BCUT2D eigenvalue weighted by molar-refractivity contribution is -0.117. The van der Waals surface area contributed by atoms with Gasteiger partial charge in [0.15, 0.2) is 0 Å². The molecule has 4 heteroatoms. The second-order valence-electron chi connectivity index (χ2n) is 4.67. The SMILES string of the molecule is COc1ccc(S[C@H](C)C(=O)N(C)c2ccccc2)cc1. The Kier molecular flexibility index (Phi) is 5.28. The predicted molar refractivity (Wildman–Crippen MR) is 88.2 cm³/mol. The largest absolute Gasteiger partial charge is 0.497 e. The number of amides is 1. The molecule has 2 rings (SSSR count). The fourth-order valence-corrected chi connectivity index (χ4v) is 2.92. The van der Waals surface area contributed by atoms with Crippen LogP contribution in [0.15, 0.2) is 59.5 Å². The number of benzene rings is 2. The number of para-hydroxylation sites is 1. The molecular weight excluding hydrogens is 282 g/mol. The zero-order valence-corrected chi connectivity index (χ0v) is 13.3. The minimum absolute atomic E-state index is 0.0852. The summed E-state index contributed by atoms with van der Waals surface area (Å²) in [4.78, 5) is 15.2. The third kappa shape index (κ3) is 4.02. The summed E-state index contributed by atoms with van der Waals surface area (Å²) in [6, 6.07) is 17.4. The highest BCUT2D eigenvalue weighted by molar-refractivity contribution is 8.00. The number of carbonyl (C=O) groups is 1. The van der Waals surface area contributed by atoms with Gasteiger partial charge in [0.2, 0.25) is 5.91 Å². The first-order chi connectivity index (χ1) is 10.1. The zero-order valence-electron chi connectivity index (χ0n) is 12.4. The second-order valence-corrected chi connectivity index (χ2v) is 6.08. The van der Waals surface area contributed by atoms with E-state index in [1.165, 1.54) is 0 Å². The Morgan fingerprint density at radius 2 is 1.71 bits per heavy atom. The smallest absolute Gasteiger partial charge is 0.239 e. The summed E-state index contributed by atoms with van der Waals surface area (Å²) >= 11 is 1.55. The Morgan fingerprint density at radius 3 is 2.29 bits per heavy atom. The molecule has 0 saturated heterocycles. The van der Waals surface area contributed by atoms with Crippen molar-refractivity contribution in [2.45, 2.75) is 17.1 Å². The monoisotopic (exact) mass is 301 g/mol. The normalized spacial score (nSPS) is 11.8. The van der Waals surface area contributed by atoms with Gasteiger partial charge in [0.25, 0.3) is 0 Å². The molecule has 1 atom stereocenters. The minimum Gasteiger partial charge on any atom is -0.497 e. The minimum atomic E-state index is -0.149. The summed E-state index contributed by atoms with van der Waals surface area (Å²) in [7, 11) is 3.45. The maximum atomic E-state index is 12.5. The van der Waals surface area contributed by atoms with Crippen LogP contribution >= 0.6 is 11.8 Å². The van der Waals surface area contributed by atoms with Gasteiger partial charge >= 0.3 is 0 Å². The molecule has 0 bridgehead atoms. The van der Waals surface area contributed by atoms with Crippen molar-refractivity contribution < 1.29 is 9.53 Å². The van der Waals surface area contributed by atoms with Gasteiger partial charge in [-0.2, -0.15) is 0 Å². The molecule has 0 aromatic heterocycles. The third-order valence-corrected chi connectivity index (χ3v) is 4.29. The molecular formula is C17H19NO2S. The highest BCUT2D eigenvalue weighted by Crippen LogP contribution is 2.27. The fourth-order valence-electron chi connectivity index (χ4n) is 1.96. The van der Waals surface area contributed by atoms with Crippen molar-refractivity contribution in [3.8, 4) is 5.75 Å². The van der Waals surface area contributed by atoms with E-state index in [1.807, 2.05) is 68.6 Å². The Labute approximate surface area is 129 Å². The van der Waals surface area contributed by atoms with Crippen LogP contribution in [0.4, 0.5) is 5.69 Å². The lowest BCUT2D eigenvalue weighted by Gasteiger charge is -2.21. The molecule has 0 aliphatic carbocycles. The molecule has 3 nitrogen and oxygen atoms in total. The van der Waals surface area contributed by atoms with Crippen LogP contribution in [0.5, 0.6) is 5.75 Å². The van der Waals surface area contributed by atoms with Gasteiger partial charge in [-0.15, -0.1) is 11.8 Å². The molecule has 1 amide bonds. The maximum absolute atomic E-state index is 12.5. The van der Waals surface area contributed by atoms with Crippen molar-refractivity contribution in [2.75, 3.05) is 19.1 Å². The van der Waals surface area contributed by atoms with Crippen molar-refractivity contribution in [3.63, 3.8) is 0 Å². The zero-order chi connectivity index (χ0) is 15.2. The number of hydrogen-bond acceptors (Lipinski definition) is 3. The van der Waals surface area contributed by atoms with E-state index in [0.717, 1.165) is 16.3 Å². The molecule has 0 unspecified atom stereocenters. The number of anilines is 1. The van der Waals surface area contributed by atoms with Gasteiger partial charge in [-0.25, -0.2) is 0 Å². The van der Waals surface area contributed by atoms with Gasteiger partial charge in [-0.1, -0.05) is 18.2 Å². The van der Waals surface area contributed by atoms with Gasteiger partial charge in [-0.05, 0) is 43.3 Å². The standard InChI is InChI=1S/C17H19NO2S/c1-13(21-16-11-9-15(20-3)10-12-16)17(19)18(2)14-7-5-4-6-8-14/h4-13H,1-3H3/t13-/m1/s1. The van der Waals surface area contributed by atoms with E-state index in [1.54, 1.807) is 23.8 Å². The van der Waals surface area contributed by atoms with E-state index in [0.29, 0.717) is 0 Å². The van der Waals surface area contributed by atoms with Crippen molar-refractivity contribution in [3.05, 3.63) is 54.6 Å². The molecule has 2 aromatic rings. The number of hydrogen-bond donors (Lipinski definition) is 0. The maximum Gasteiger partial charge on any atom is 0.239 e. The van der Waals surface area contributed by atoms with Crippen LogP contribution in [0.1, 0.15) is 6.92 Å². The first-order valence-corrected chi connectivity index (χ1v) is 7.63. The molecule has 0 N–H and O–H groups in total. The van der Waals surface area contributed by atoms with Gasteiger partial charge < -0.3 is 9.64 Å². The first kappa shape index (κ1) is 15.4. The van der Waals surface area contributed by atoms with Crippen LogP contribution in [-0.4, -0.2) is 25.3 Å². The molecule has 0 fully saturated rings. The van der Waals surface area contributed by atoms with Crippen LogP contribution in [0, 0.1) is 0 Å². The summed E-state index contributed by atoms with van der Waals surface area (Å²) in [6.07, 6.45) is 0. The highest BCUT2D eigenvalue weighted by Gasteiger charge is 2.19. The third-order valence-electron chi connectivity index (χ3n) is 3.19. The van der Waals surface area contributed by atoms with Gasteiger partial charge in [-0.3, -0.25) is 4.79 Å². The average Bonchev–Trinajstić information content (AvgIpc) is 2.55. The number of thioether (sulfide) groups is 1. The van der Waals surface area contributed by atoms with Crippen molar-refractivity contribution in [2.24, 2.45) is 0 Å². The summed E-state index contributed by atoms with van der Waals surface area (Å²) in [5.41, 5.74) is 0.907. The number of rotatable bonds is 5. The van der Waals surface area contributed by atoms with E-state index in [4.69, 9.17) is 4.74 Å². The summed E-state index contributed by atoms with van der Waals surface area (Å²) in [5, 5.41) is -0.149. The van der Waals surface area contributed by atoms with Crippen LogP contribution in [-0.2, 0) is 4.79 Å². The fraction of sp³-hybridized carbons (Fsp3) is 0.235. The van der Waals surface area contributed by atoms with E-state index >= 15 is 0 Å². The molecule has 110 valence electrons. The molecule has 21 heavy (non-hydrogen) atoms. The van der Waals surface area contributed by atoms with E-state index < -0.39 is 0 Å². The first-order valence-electron chi connectivity index (χ1n) is 6.75. The number of ether oxygens (including phenoxy) is 1. The number of nitrogens with zero attached hydrogens (tertiary/aromatic N) is 1. The van der Waals surface area contributed by atoms with Crippen molar-refractivity contribution >= 4 is 23.4 Å². The lowest BCUT2D eigenvalue weighted by Crippen LogP contribution is -2.33. The van der Waals surface area contributed by atoms with Crippen LogP contribution < -0.4 is 9.64 Å². The molecule has 0 saturated carbocycles. The van der Waals surface area contributed by atoms with E-state index in [2.05, 4.69) is 0 Å². The predicted octanol–water partition coefficient (Wildman–Crippen LogP) is 3.84.